The van der Waals surface area contributed by atoms with Crippen molar-refractivity contribution in [1.29, 1.82) is 0 Å². The molecule has 2 rings (SSSR count). The van der Waals surface area contributed by atoms with E-state index in [0.29, 0.717) is 13.0 Å². The molecule has 0 radical (unpaired) electrons. The van der Waals surface area contributed by atoms with Gasteiger partial charge in [-0.15, -0.1) is 0 Å². The molecule has 1 unspecified atom stereocenters. The van der Waals surface area contributed by atoms with Crippen molar-refractivity contribution in [2.45, 2.75) is 32.7 Å². The van der Waals surface area contributed by atoms with Gasteiger partial charge in [-0.1, -0.05) is 19.1 Å². The number of para-hydroxylation sites is 1. The number of aromatic amines is 1. The summed E-state index contributed by atoms with van der Waals surface area (Å²) in [5.74, 6) is 0.916. The zero-order chi connectivity index (χ0) is 17.7. The highest BCUT2D eigenvalue weighted by Gasteiger charge is 2.15. The number of aryl methyl sites for hydroxylation is 1. The Labute approximate surface area is 144 Å². The zero-order valence-corrected chi connectivity index (χ0v) is 15.4. The van der Waals surface area contributed by atoms with E-state index in [-0.39, 0.29) is 12.1 Å². The second-order valence-electron chi connectivity index (χ2n) is 6.64. The van der Waals surface area contributed by atoms with Gasteiger partial charge in [-0.25, -0.2) is 9.78 Å². The molecule has 132 valence electrons. The Hall–Kier alpha value is -2.08. The van der Waals surface area contributed by atoms with Crippen molar-refractivity contribution in [2.75, 3.05) is 34.2 Å². The van der Waals surface area contributed by atoms with Gasteiger partial charge in [-0.2, -0.15) is 0 Å². The molecule has 0 aliphatic rings. The molecular formula is C18H29N5O. The Morgan fingerprint density at radius 2 is 2.08 bits per heavy atom. The largest absolute Gasteiger partial charge is 0.342 e. The van der Waals surface area contributed by atoms with E-state index < -0.39 is 0 Å². The first-order valence-corrected chi connectivity index (χ1v) is 8.51. The van der Waals surface area contributed by atoms with Gasteiger partial charge in [0.15, 0.2) is 0 Å². The number of carbonyl (C=O) groups excluding carboxylic acids is 1. The van der Waals surface area contributed by atoms with Crippen molar-refractivity contribution in [1.82, 2.24) is 25.1 Å². The number of hydrogen-bond acceptors (Lipinski definition) is 3. The fourth-order valence-electron chi connectivity index (χ4n) is 2.72. The summed E-state index contributed by atoms with van der Waals surface area (Å²) >= 11 is 0. The second-order valence-corrected chi connectivity index (χ2v) is 6.64. The monoisotopic (exact) mass is 331 g/mol. The lowest BCUT2D eigenvalue weighted by Crippen LogP contribution is -2.47. The van der Waals surface area contributed by atoms with E-state index in [9.17, 15) is 4.79 Å². The third-order valence-electron chi connectivity index (χ3n) is 4.20. The van der Waals surface area contributed by atoms with Gasteiger partial charge >= 0.3 is 6.03 Å². The number of benzene rings is 1. The van der Waals surface area contributed by atoms with Crippen molar-refractivity contribution in [2.24, 2.45) is 0 Å². The topological polar surface area (TPSA) is 64.3 Å². The number of likely N-dealkylation sites (N-methyl/N-ethyl adjacent to an activating group) is 2. The lowest BCUT2D eigenvalue weighted by atomic mass is 10.2. The van der Waals surface area contributed by atoms with Crippen LogP contribution in [-0.2, 0) is 6.42 Å². The summed E-state index contributed by atoms with van der Waals surface area (Å²) in [6.07, 6.45) is 1.63. The molecule has 0 aliphatic heterocycles. The van der Waals surface area contributed by atoms with Gasteiger partial charge in [0.25, 0.3) is 0 Å². The minimum atomic E-state index is -0.0315. The van der Waals surface area contributed by atoms with Crippen LogP contribution in [0.15, 0.2) is 18.2 Å². The third kappa shape index (κ3) is 4.71. The highest BCUT2D eigenvalue weighted by molar-refractivity contribution is 5.78. The minimum absolute atomic E-state index is 0.0315. The minimum Gasteiger partial charge on any atom is -0.342 e. The van der Waals surface area contributed by atoms with Crippen molar-refractivity contribution < 1.29 is 4.79 Å². The van der Waals surface area contributed by atoms with Crippen LogP contribution < -0.4 is 5.32 Å². The van der Waals surface area contributed by atoms with Crippen LogP contribution >= 0.6 is 0 Å². The van der Waals surface area contributed by atoms with E-state index >= 15 is 0 Å². The molecule has 0 bridgehead atoms. The molecule has 1 aromatic heterocycles. The average molecular weight is 331 g/mol. The number of hydrogen-bond donors (Lipinski definition) is 2. The molecular weight excluding hydrogens is 302 g/mol. The van der Waals surface area contributed by atoms with Crippen molar-refractivity contribution in [3.63, 3.8) is 0 Å². The summed E-state index contributed by atoms with van der Waals surface area (Å²) in [5.41, 5.74) is 3.22. The third-order valence-corrected chi connectivity index (χ3v) is 4.20. The van der Waals surface area contributed by atoms with Crippen molar-refractivity contribution >= 4 is 17.1 Å². The number of amides is 2. The normalized spacial score (nSPS) is 12.6. The summed E-state index contributed by atoms with van der Waals surface area (Å²) in [7, 11) is 5.86. The maximum Gasteiger partial charge on any atom is 0.317 e. The molecule has 2 N–H and O–H groups in total. The molecule has 2 amide bonds. The Morgan fingerprint density at radius 1 is 1.33 bits per heavy atom. The number of fused-ring (bicyclic) bond motifs is 1. The predicted octanol–water partition coefficient (Wildman–Crippen LogP) is 2.40. The van der Waals surface area contributed by atoms with Crippen LogP contribution in [0.5, 0.6) is 0 Å². The Balaban J connectivity index is 1.90. The average Bonchev–Trinajstić information content (AvgIpc) is 2.96. The van der Waals surface area contributed by atoms with Gasteiger partial charge in [-0.3, -0.25) is 0 Å². The van der Waals surface area contributed by atoms with Crippen LogP contribution in [-0.4, -0.2) is 66.1 Å². The smallest absolute Gasteiger partial charge is 0.317 e. The van der Waals surface area contributed by atoms with Gasteiger partial charge in [0, 0.05) is 32.6 Å². The number of nitrogens with one attached hydrogen (secondary N) is 2. The number of rotatable bonds is 7. The highest BCUT2D eigenvalue weighted by Crippen LogP contribution is 2.15. The van der Waals surface area contributed by atoms with E-state index in [1.54, 1.807) is 4.90 Å². The van der Waals surface area contributed by atoms with Gasteiger partial charge in [0.1, 0.15) is 5.82 Å². The Morgan fingerprint density at radius 3 is 2.71 bits per heavy atom. The molecule has 6 nitrogen and oxygen atoms in total. The Bertz CT molecular complexity index is 679. The van der Waals surface area contributed by atoms with Gasteiger partial charge in [0.2, 0.25) is 0 Å². The predicted molar refractivity (Wildman–Crippen MR) is 98.3 cm³/mol. The summed E-state index contributed by atoms with van der Waals surface area (Å²) in [6.45, 7) is 5.62. The zero-order valence-electron chi connectivity index (χ0n) is 15.4. The number of H-pyrrole nitrogens is 1. The number of urea groups is 1. The SMILES string of the molecule is CCC(CN(C)C)NC(=O)N(C)CCc1nc2c(C)cccc2[nH]1. The fraction of sp³-hybridized carbons (Fsp3) is 0.556. The first-order chi connectivity index (χ1) is 11.4. The van der Waals surface area contributed by atoms with E-state index in [2.05, 4.69) is 40.1 Å². The number of carbonyl (C=O) groups is 1. The lowest BCUT2D eigenvalue weighted by molar-refractivity contribution is 0.200. The van der Waals surface area contributed by atoms with Crippen LogP contribution in [0.3, 0.4) is 0 Å². The summed E-state index contributed by atoms with van der Waals surface area (Å²) in [4.78, 5) is 24.1. The molecule has 0 saturated heterocycles. The highest BCUT2D eigenvalue weighted by atomic mass is 16.2. The summed E-state index contributed by atoms with van der Waals surface area (Å²) in [6, 6.07) is 6.25. The fourth-order valence-corrected chi connectivity index (χ4v) is 2.72. The van der Waals surface area contributed by atoms with Crippen molar-refractivity contribution in [3.05, 3.63) is 29.6 Å². The molecule has 0 spiro atoms. The van der Waals surface area contributed by atoms with Gasteiger partial charge < -0.3 is 20.1 Å². The van der Waals surface area contributed by atoms with E-state index in [0.717, 1.165) is 35.4 Å². The number of aromatic nitrogens is 2. The molecule has 1 aromatic carbocycles. The van der Waals surface area contributed by atoms with Gasteiger partial charge in [-0.05, 0) is 39.1 Å². The molecule has 0 aliphatic carbocycles. The number of nitrogens with zero attached hydrogens (tertiary/aromatic N) is 3. The first kappa shape index (κ1) is 18.3. The Kier molecular flexibility index (Phi) is 6.20. The maximum atomic E-state index is 12.3. The summed E-state index contributed by atoms with van der Waals surface area (Å²) < 4.78 is 0. The first-order valence-electron chi connectivity index (χ1n) is 8.51. The van der Waals surface area contributed by atoms with Gasteiger partial charge in [0.05, 0.1) is 11.0 Å². The van der Waals surface area contributed by atoms with Crippen molar-refractivity contribution in [3.8, 4) is 0 Å². The summed E-state index contributed by atoms with van der Waals surface area (Å²) in [5, 5.41) is 3.08. The molecule has 1 heterocycles. The second kappa shape index (κ2) is 8.15. The standard InChI is InChI=1S/C18H29N5O/c1-6-14(12-22(3)4)19-18(24)23(5)11-10-16-20-15-9-7-8-13(2)17(15)21-16/h7-9,14H,6,10-12H2,1-5H3,(H,19,24)(H,20,21). The van der Waals surface area contributed by atoms with Crippen LogP contribution in [0.25, 0.3) is 11.0 Å². The van der Waals surface area contributed by atoms with Crippen LogP contribution in [0.2, 0.25) is 0 Å². The van der Waals surface area contributed by atoms with Crippen LogP contribution in [0.1, 0.15) is 24.7 Å². The molecule has 6 heteroatoms. The molecule has 1 atom stereocenters. The van der Waals surface area contributed by atoms with E-state index in [4.69, 9.17) is 0 Å². The van der Waals surface area contributed by atoms with E-state index in [1.165, 1.54) is 0 Å². The maximum absolute atomic E-state index is 12.3. The molecule has 2 aromatic rings. The van der Waals surface area contributed by atoms with Crippen LogP contribution in [0, 0.1) is 6.92 Å². The van der Waals surface area contributed by atoms with E-state index in [1.807, 2.05) is 33.3 Å². The quantitative estimate of drug-likeness (QED) is 0.819. The number of imidazole rings is 1. The molecule has 0 saturated carbocycles. The molecule has 24 heavy (non-hydrogen) atoms. The lowest BCUT2D eigenvalue weighted by Gasteiger charge is -2.24. The van der Waals surface area contributed by atoms with Crippen LogP contribution in [0.4, 0.5) is 4.79 Å². The molecule has 0 fully saturated rings.